The van der Waals surface area contributed by atoms with E-state index < -0.39 is 0 Å². The Kier molecular flexibility index (Phi) is 5.23. The van der Waals surface area contributed by atoms with Crippen molar-refractivity contribution in [2.45, 2.75) is 0 Å². The van der Waals surface area contributed by atoms with Crippen LogP contribution in [0.5, 0.6) is 0 Å². The van der Waals surface area contributed by atoms with Gasteiger partial charge in [0.15, 0.2) is 0 Å². The lowest BCUT2D eigenvalue weighted by molar-refractivity contribution is -0.113. The van der Waals surface area contributed by atoms with Crippen LogP contribution in [0, 0.1) is 12.3 Å². The quantitative estimate of drug-likeness (QED) is 0.471. The standard InChI is InChI=1S/C23H21N5O/c1-3-16-9-10-20-18(13-16)22(17-7-5-4-6-8-17)26-15-21-27-19(23(29)28(20)21)14-25-12-11-24-2/h1,4-10,13-14,24-25H,11-12,15H2,2H3/b19-14-. The van der Waals surface area contributed by atoms with E-state index in [9.17, 15) is 4.79 Å². The van der Waals surface area contributed by atoms with Gasteiger partial charge in [-0.05, 0) is 25.2 Å². The van der Waals surface area contributed by atoms with Crippen LogP contribution in [0.25, 0.3) is 0 Å². The average Bonchev–Trinajstić information content (AvgIpc) is 2.97. The lowest BCUT2D eigenvalue weighted by Gasteiger charge is -2.19. The number of likely N-dealkylation sites (N-methyl/N-ethyl adjacent to an activating group) is 1. The molecular weight excluding hydrogens is 362 g/mol. The number of carbonyl (C=O) groups is 1. The van der Waals surface area contributed by atoms with Crippen molar-refractivity contribution in [1.82, 2.24) is 10.6 Å². The molecule has 0 unspecified atom stereocenters. The summed E-state index contributed by atoms with van der Waals surface area (Å²) >= 11 is 0. The zero-order valence-corrected chi connectivity index (χ0v) is 16.1. The van der Waals surface area contributed by atoms with E-state index in [-0.39, 0.29) is 5.91 Å². The molecule has 1 amide bonds. The molecule has 0 atom stereocenters. The topological polar surface area (TPSA) is 69.1 Å². The number of benzene rings is 2. The van der Waals surface area contributed by atoms with Crippen LogP contribution >= 0.6 is 0 Å². The van der Waals surface area contributed by atoms with Gasteiger partial charge in [-0.15, -0.1) is 6.42 Å². The van der Waals surface area contributed by atoms with Crippen LogP contribution < -0.4 is 15.5 Å². The van der Waals surface area contributed by atoms with Crippen molar-refractivity contribution in [1.29, 1.82) is 0 Å². The molecule has 0 saturated heterocycles. The number of fused-ring (bicyclic) bond motifs is 3. The zero-order chi connectivity index (χ0) is 20.2. The summed E-state index contributed by atoms with van der Waals surface area (Å²) in [4.78, 5) is 24.1. The summed E-state index contributed by atoms with van der Waals surface area (Å²) in [7, 11) is 1.88. The Balaban J connectivity index is 1.79. The van der Waals surface area contributed by atoms with Crippen LogP contribution in [-0.4, -0.2) is 44.1 Å². The molecule has 2 aliphatic heterocycles. The maximum Gasteiger partial charge on any atom is 0.284 e. The number of nitrogens with one attached hydrogen (secondary N) is 2. The first-order chi connectivity index (χ1) is 14.2. The Bertz CT molecular complexity index is 1080. The van der Waals surface area contributed by atoms with Crippen molar-refractivity contribution in [3.63, 3.8) is 0 Å². The van der Waals surface area contributed by atoms with Crippen molar-refractivity contribution in [2.24, 2.45) is 9.98 Å². The van der Waals surface area contributed by atoms with Gasteiger partial charge in [-0.25, -0.2) is 4.99 Å². The minimum absolute atomic E-state index is 0.170. The Morgan fingerprint density at radius 1 is 1.21 bits per heavy atom. The van der Waals surface area contributed by atoms with Gasteiger partial charge in [0.25, 0.3) is 5.91 Å². The third kappa shape index (κ3) is 3.56. The highest BCUT2D eigenvalue weighted by Crippen LogP contribution is 2.32. The van der Waals surface area contributed by atoms with Gasteiger partial charge in [0, 0.05) is 36.0 Å². The van der Waals surface area contributed by atoms with Gasteiger partial charge >= 0.3 is 0 Å². The number of hydrogen-bond donors (Lipinski definition) is 2. The van der Waals surface area contributed by atoms with E-state index in [1.54, 1.807) is 11.1 Å². The maximum atomic E-state index is 13.1. The normalized spacial score (nSPS) is 16.5. The lowest BCUT2D eigenvalue weighted by Crippen LogP contribution is -2.33. The molecule has 0 fully saturated rings. The molecule has 0 radical (unpaired) electrons. The van der Waals surface area contributed by atoms with Crippen LogP contribution in [0.2, 0.25) is 0 Å². The van der Waals surface area contributed by atoms with Gasteiger partial charge in [-0.1, -0.05) is 36.3 Å². The van der Waals surface area contributed by atoms with Gasteiger partial charge in [0.1, 0.15) is 11.5 Å². The molecule has 0 saturated carbocycles. The fourth-order valence-corrected chi connectivity index (χ4v) is 3.37. The Morgan fingerprint density at radius 2 is 2.03 bits per heavy atom. The summed E-state index contributed by atoms with van der Waals surface area (Å²) in [5.41, 5.74) is 4.47. The van der Waals surface area contributed by atoms with Crippen LogP contribution in [-0.2, 0) is 4.79 Å². The second kappa shape index (κ2) is 8.13. The Morgan fingerprint density at radius 3 is 2.79 bits per heavy atom. The number of carbonyl (C=O) groups excluding carboxylic acids is 1. The maximum absolute atomic E-state index is 13.1. The second-order valence-corrected chi connectivity index (χ2v) is 6.66. The molecular formula is C23H21N5O. The largest absolute Gasteiger partial charge is 0.388 e. The van der Waals surface area contributed by atoms with Crippen molar-refractivity contribution in [3.8, 4) is 12.3 Å². The minimum atomic E-state index is -0.170. The van der Waals surface area contributed by atoms with Crippen molar-refractivity contribution < 1.29 is 4.79 Å². The molecule has 2 aromatic carbocycles. The highest BCUT2D eigenvalue weighted by atomic mass is 16.2. The van der Waals surface area contributed by atoms with E-state index in [1.165, 1.54) is 0 Å². The van der Waals surface area contributed by atoms with E-state index in [1.807, 2.05) is 55.6 Å². The van der Waals surface area contributed by atoms with Gasteiger partial charge < -0.3 is 10.6 Å². The molecule has 2 N–H and O–H groups in total. The second-order valence-electron chi connectivity index (χ2n) is 6.66. The molecule has 2 heterocycles. The van der Waals surface area contributed by atoms with Gasteiger partial charge in [-0.3, -0.25) is 14.7 Å². The summed E-state index contributed by atoms with van der Waals surface area (Å²) < 4.78 is 0. The van der Waals surface area contributed by atoms with Gasteiger partial charge in [0.05, 0.1) is 17.9 Å². The summed E-state index contributed by atoms with van der Waals surface area (Å²) in [6.07, 6.45) is 7.29. The highest BCUT2D eigenvalue weighted by Gasteiger charge is 2.35. The molecule has 0 bridgehead atoms. The van der Waals surface area contributed by atoms with E-state index in [2.05, 4.69) is 21.5 Å². The number of aliphatic imine (C=N–C) groups is 2. The Hall–Kier alpha value is -3.69. The summed E-state index contributed by atoms with van der Waals surface area (Å²) in [5.74, 6) is 3.11. The summed E-state index contributed by atoms with van der Waals surface area (Å²) in [6.45, 7) is 1.81. The number of hydrogen-bond acceptors (Lipinski definition) is 5. The molecule has 4 rings (SSSR count). The molecule has 29 heavy (non-hydrogen) atoms. The molecule has 2 aliphatic rings. The number of terminal acetylenes is 1. The van der Waals surface area contributed by atoms with Crippen molar-refractivity contribution >= 4 is 23.1 Å². The highest BCUT2D eigenvalue weighted by molar-refractivity contribution is 6.32. The summed E-state index contributed by atoms with van der Waals surface area (Å²) in [6, 6.07) is 15.5. The lowest BCUT2D eigenvalue weighted by atomic mass is 9.98. The fourth-order valence-electron chi connectivity index (χ4n) is 3.37. The number of amidine groups is 1. The first kappa shape index (κ1) is 18.7. The predicted octanol–water partition coefficient (Wildman–Crippen LogP) is 1.91. The van der Waals surface area contributed by atoms with Crippen LogP contribution in [0.3, 0.4) is 0 Å². The SMILES string of the molecule is C#Cc1ccc2c(c1)C(c1ccccc1)=NCC1=N/C(=C\NCCNC)C(=O)N12. The first-order valence-electron chi connectivity index (χ1n) is 9.44. The third-order valence-corrected chi connectivity index (χ3v) is 4.77. The smallest absolute Gasteiger partial charge is 0.284 e. The van der Waals surface area contributed by atoms with Crippen LogP contribution in [0.15, 0.2) is 70.4 Å². The van der Waals surface area contributed by atoms with E-state index in [4.69, 9.17) is 11.4 Å². The van der Waals surface area contributed by atoms with E-state index in [0.717, 1.165) is 34.6 Å². The zero-order valence-electron chi connectivity index (χ0n) is 16.1. The van der Waals surface area contributed by atoms with Crippen LogP contribution in [0.1, 0.15) is 16.7 Å². The predicted molar refractivity (Wildman–Crippen MR) is 116 cm³/mol. The van der Waals surface area contributed by atoms with Gasteiger partial charge in [0.2, 0.25) is 0 Å². The molecule has 0 spiro atoms. The molecule has 0 aromatic heterocycles. The molecule has 6 nitrogen and oxygen atoms in total. The minimum Gasteiger partial charge on any atom is -0.388 e. The number of amides is 1. The molecule has 144 valence electrons. The average molecular weight is 383 g/mol. The van der Waals surface area contributed by atoms with E-state index >= 15 is 0 Å². The monoisotopic (exact) mass is 383 g/mol. The van der Waals surface area contributed by atoms with Crippen LogP contribution in [0.4, 0.5) is 5.69 Å². The number of rotatable bonds is 5. The number of anilines is 1. The number of nitrogens with zero attached hydrogens (tertiary/aromatic N) is 3. The Labute approximate surface area is 170 Å². The van der Waals surface area contributed by atoms with Crippen molar-refractivity contribution in [2.75, 3.05) is 31.6 Å². The molecule has 6 heteroatoms. The first-order valence-corrected chi connectivity index (χ1v) is 9.44. The van der Waals surface area contributed by atoms with Gasteiger partial charge in [-0.2, -0.15) is 0 Å². The van der Waals surface area contributed by atoms with E-state index in [0.29, 0.717) is 24.6 Å². The fraction of sp³-hybridized carbons (Fsp3) is 0.174. The third-order valence-electron chi connectivity index (χ3n) is 4.77. The summed E-state index contributed by atoms with van der Waals surface area (Å²) in [5, 5.41) is 6.17. The van der Waals surface area contributed by atoms with Crippen molar-refractivity contribution in [3.05, 3.63) is 77.1 Å². The molecule has 0 aliphatic carbocycles. The molecule has 2 aromatic rings.